The first-order valence-corrected chi connectivity index (χ1v) is 7.19. The lowest BCUT2D eigenvalue weighted by Gasteiger charge is -2.26. The standard InChI is InChI=1S/C16H22N2O3/c1-10-4-12(8-13(5-10)21-3)9-17-16(20)14-6-11(2)7-15(19)18-14/h4-5,8,11,14H,6-7,9H2,1-3H3,(H,17,20)(H,18,19)/t11-,14-/m0/s1. The molecule has 1 heterocycles. The highest BCUT2D eigenvalue weighted by atomic mass is 16.5. The molecular weight excluding hydrogens is 268 g/mol. The Kier molecular flexibility index (Phi) is 4.83. The number of aryl methyl sites for hydroxylation is 1. The van der Waals surface area contributed by atoms with Crippen LogP contribution in [0.2, 0.25) is 0 Å². The minimum atomic E-state index is -0.423. The third kappa shape index (κ3) is 4.21. The number of carbonyl (C=O) groups excluding carboxylic acids is 2. The highest BCUT2D eigenvalue weighted by molar-refractivity contribution is 5.88. The molecule has 1 aliphatic heterocycles. The molecule has 0 radical (unpaired) electrons. The van der Waals surface area contributed by atoms with Crippen LogP contribution in [0.5, 0.6) is 5.75 Å². The molecule has 1 aliphatic rings. The zero-order chi connectivity index (χ0) is 15.4. The molecule has 0 aromatic heterocycles. The fourth-order valence-corrected chi connectivity index (χ4v) is 2.64. The zero-order valence-electron chi connectivity index (χ0n) is 12.7. The molecule has 1 aromatic carbocycles. The van der Waals surface area contributed by atoms with E-state index < -0.39 is 6.04 Å². The molecule has 2 atom stereocenters. The summed E-state index contributed by atoms with van der Waals surface area (Å²) in [5, 5.41) is 5.62. The van der Waals surface area contributed by atoms with Crippen LogP contribution in [-0.2, 0) is 16.1 Å². The fourth-order valence-electron chi connectivity index (χ4n) is 2.64. The predicted octanol–water partition coefficient (Wildman–Crippen LogP) is 1.53. The lowest BCUT2D eigenvalue weighted by Crippen LogP contribution is -2.50. The Balaban J connectivity index is 1.94. The van der Waals surface area contributed by atoms with Crippen molar-refractivity contribution in [3.05, 3.63) is 29.3 Å². The number of piperidine rings is 1. The SMILES string of the molecule is COc1cc(C)cc(CNC(=O)[C@@H]2C[C@H](C)CC(=O)N2)c1. The van der Waals surface area contributed by atoms with E-state index in [9.17, 15) is 9.59 Å². The van der Waals surface area contributed by atoms with Crippen molar-refractivity contribution in [2.45, 2.75) is 39.3 Å². The lowest BCUT2D eigenvalue weighted by molar-refractivity contribution is -0.132. The summed E-state index contributed by atoms with van der Waals surface area (Å²) >= 11 is 0. The molecular formula is C16H22N2O3. The van der Waals surface area contributed by atoms with Crippen molar-refractivity contribution in [1.82, 2.24) is 10.6 Å². The van der Waals surface area contributed by atoms with Gasteiger partial charge in [-0.3, -0.25) is 9.59 Å². The van der Waals surface area contributed by atoms with Crippen LogP contribution in [0.3, 0.4) is 0 Å². The van der Waals surface area contributed by atoms with Gasteiger partial charge in [-0.15, -0.1) is 0 Å². The fraction of sp³-hybridized carbons (Fsp3) is 0.500. The van der Waals surface area contributed by atoms with E-state index in [1.54, 1.807) is 7.11 Å². The van der Waals surface area contributed by atoms with Crippen molar-refractivity contribution in [1.29, 1.82) is 0 Å². The van der Waals surface area contributed by atoms with Gasteiger partial charge in [0.2, 0.25) is 11.8 Å². The Morgan fingerprint density at radius 2 is 2.19 bits per heavy atom. The van der Waals surface area contributed by atoms with Crippen molar-refractivity contribution in [2.24, 2.45) is 5.92 Å². The number of hydrogen-bond donors (Lipinski definition) is 2. The molecule has 0 aliphatic carbocycles. The first-order chi connectivity index (χ1) is 9.97. The van der Waals surface area contributed by atoms with Crippen LogP contribution in [0, 0.1) is 12.8 Å². The van der Waals surface area contributed by atoms with E-state index >= 15 is 0 Å². The van der Waals surface area contributed by atoms with Gasteiger partial charge in [-0.1, -0.05) is 13.0 Å². The predicted molar refractivity (Wildman–Crippen MR) is 79.9 cm³/mol. The van der Waals surface area contributed by atoms with Gasteiger partial charge < -0.3 is 15.4 Å². The second-order valence-electron chi connectivity index (χ2n) is 5.74. The summed E-state index contributed by atoms with van der Waals surface area (Å²) in [5.74, 6) is 0.842. The topological polar surface area (TPSA) is 67.4 Å². The molecule has 2 rings (SSSR count). The molecule has 0 spiro atoms. The third-order valence-corrected chi connectivity index (χ3v) is 3.64. The van der Waals surface area contributed by atoms with Gasteiger partial charge >= 0.3 is 0 Å². The summed E-state index contributed by atoms with van der Waals surface area (Å²) in [6, 6.07) is 5.42. The third-order valence-electron chi connectivity index (χ3n) is 3.64. The van der Waals surface area contributed by atoms with Gasteiger partial charge in [-0.2, -0.15) is 0 Å². The highest BCUT2D eigenvalue weighted by Crippen LogP contribution is 2.18. The lowest BCUT2D eigenvalue weighted by atomic mass is 9.93. The van der Waals surface area contributed by atoms with E-state index in [1.807, 2.05) is 32.0 Å². The molecule has 114 valence electrons. The molecule has 2 N–H and O–H groups in total. The Bertz CT molecular complexity index is 542. The van der Waals surface area contributed by atoms with Crippen molar-refractivity contribution < 1.29 is 14.3 Å². The van der Waals surface area contributed by atoms with Crippen LogP contribution >= 0.6 is 0 Å². The monoisotopic (exact) mass is 290 g/mol. The highest BCUT2D eigenvalue weighted by Gasteiger charge is 2.28. The summed E-state index contributed by atoms with van der Waals surface area (Å²) in [6.45, 7) is 4.40. The molecule has 5 nitrogen and oxygen atoms in total. The van der Waals surface area contributed by atoms with Crippen LogP contribution in [0.1, 0.15) is 30.9 Å². The number of methoxy groups -OCH3 is 1. The maximum Gasteiger partial charge on any atom is 0.242 e. The molecule has 1 fully saturated rings. The van der Waals surface area contributed by atoms with Crippen LogP contribution in [-0.4, -0.2) is 25.0 Å². The summed E-state index contributed by atoms with van der Waals surface area (Å²) in [7, 11) is 1.62. The van der Waals surface area contributed by atoms with E-state index in [1.165, 1.54) is 0 Å². The Morgan fingerprint density at radius 1 is 1.43 bits per heavy atom. The van der Waals surface area contributed by atoms with Gasteiger partial charge in [-0.05, 0) is 42.5 Å². The van der Waals surface area contributed by atoms with Crippen molar-refractivity contribution >= 4 is 11.8 Å². The van der Waals surface area contributed by atoms with Crippen molar-refractivity contribution in [3.8, 4) is 5.75 Å². The molecule has 1 saturated heterocycles. The number of benzene rings is 1. The van der Waals surface area contributed by atoms with Crippen LogP contribution < -0.4 is 15.4 Å². The largest absolute Gasteiger partial charge is 0.497 e. The maximum absolute atomic E-state index is 12.1. The summed E-state index contributed by atoms with van der Waals surface area (Å²) in [5.41, 5.74) is 2.06. The number of ether oxygens (including phenoxy) is 1. The van der Waals surface area contributed by atoms with Gasteiger partial charge in [0.15, 0.2) is 0 Å². The van der Waals surface area contributed by atoms with Crippen LogP contribution in [0.15, 0.2) is 18.2 Å². The minimum Gasteiger partial charge on any atom is -0.497 e. The Labute approximate surface area is 125 Å². The zero-order valence-corrected chi connectivity index (χ0v) is 12.7. The van der Waals surface area contributed by atoms with Crippen molar-refractivity contribution in [2.75, 3.05) is 7.11 Å². The number of amides is 2. The molecule has 0 saturated carbocycles. The van der Waals surface area contributed by atoms with Gasteiger partial charge in [0.1, 0.15) is 11.8 Å². The quantitative estimate of drug-likeness (QED) is 0.884. The second-order valence-corrected chi connectivity index (χ2v) is 5.74. The van der Waals surface area contributed by atoms with E-state index in [2.05, 4.69) is 10.6 Å². The minimum absolute atomic E-state index is 0.0499. The average Bonchev–Trinajstić information content (AvgIpc) is 2.43. The maximum atomic E-state index is 12.1. The molecule has 2 amide bonds. The summed E-state index contributed by atoms with van der Waals surface area (Å²) in [6.07, 6.45) is 1.19. The molecule has 21 heavy (non-hydrogen) atoms. The molecule has 1 aromatic rings. The summed E-state index contributed by atoms with van der Waals surface area (Å²) < 4.78 is 5.22. The van der Waals surface area contributed by atoms with Crippen LogP contribution in [0.4, 0.5) is 0 Å². The van der Waals surface area contributed by atoms with E-state index in [0.29, 0.717) is 19.4 Å². The first kappa shape index (κ1) is 15.4. The molecule has 5 heteroatoms. The second kappa shape index (κ2) is 6.61. The van der Waals surface area contributed by atoms with Crippen molar-refractivity contribution in [3.63, 3.8) is 0 Å². The number of rotatable bonds is 4. The first-order valence-electron chi connectivity index (χ1n) is 7.19. The normalized spacial score (nSPS) is 21.6. The Hall–Kier alpha value is -2.04. The number of hydrogen-bond acceptors (Lipinski definition) is 3. The van der Waals surface area contributed by atoms with Gasteiger partial charge in [-0.25, -0.2) is 0 Å². The van der Waals surface area contributed by atoms with Gasteiger partial charge in [0.05, 0.1) is 7.11 Å². The molecule has 0 bridgehead atoms. The number of carbonyl (C=O) groups is 2. The van der Waals surface area contributed by atoms with Gasteiger partial charge in [0, 0.05) is 13.0 Å². The average molecular weight is 290 g/mol. The smallest absolute Gasteiger partial charge is 0.242 e. The van der Waals surface area contributed by atoms with E-state index in [0.717, 1.165) is 16.9 Å². The van der Waals surface area contributed by atoms with E-state index in [-0.39, 0.29) is 17.7 Å². The number of nitrogens with one attached hydrogen (secondary N) is 2. The van der Waals surface area contributed by atoms with Crippen LogP contribution in [0.25, 0.3) is 0 Å². The summed E-state index contributed by atoms with van der Waals surface area (Å²) in [4.78, 5) is 23.6. The Morgan fingerprint density at radius 3 is 2.86 bits per heavy atom. The molecule has 0 unspecified atom stereocenters. The van der Waals surface area contributed by atoms with E-state index in [4.69, 9.17) is 4.74 Å². The van der Waals surface area contributed by atoms with Gasteiger partial charge in [0.25, 0.3) is 0 Å².